The zero-order chi connectivity index (χ0) is 21.8. The minimum atomic E-state index is -0.465. The number of nitrogens with zero attached hydrogens (tertiary/aromatic N) is 5. The summed E-state index contributed by atoms with van der Waals surface area (Å²) in [6, 6.07) is 9.16. The Morgan fingerprint density at radius 2 is 1.90 bits per heavy atom. The molecule has 1 aliphatic heterocycles. The quantitative estimate of drug-likeness (QED) is 0.423. The number of carbonyl (C=O) groups is 1. The summed E-state index contributed by atoms with van der Waals surface area (Å²) < 4.78 is 13.0. The van der Waals surface area contributed by atoms with Gasteiger partial charge in [-0.3, -0.25) is 24.5 Å². The van der Waals surface area contributed by atoms with Crippen molar-refractivity contribution in [2.24, 2.45) is 7.05 Å². The lowest BCUT2D eigenvalue weighted by molar-refractivity contribution is -0.384. The third kappa shape index (κ3) is 5.10. The molecule has 1 amide bonds. The number of benzene rings is 1. The maximum absolute atomic E-state index is 12.8. The number of hydrogen-bond donors (Lipinski definition) is 0. The van der Waals surface area contributed by atoms with Crippen molar-refractivity contribution in [3.05, 3.63) is 76.0 Å². The summed E-state index contributed by atoms with van der Waals surface area (Å²) in [5.41, 5.74) is 1.16. The van der Waals surface area contributed by atoms with E-state index in [2.05, 4.69) is 10.00 Å². The number of nitro groups is 1. The molecule has 3 heterocycles. The second-order valence-electron chi connectivity index (χ2n) is 7.40. The summed E-state index contributed by atoms with van der Waals surface area (Å²) in [7, 11) is 1.90. The highest BCUT2D eigenvalue weighted by atomic mass is 16.6. The second-order valence-corrected chi connectivity index (χ2v) is 7.40. The molecular formula is C21H23N5O5. The molecule has 0 radical (unpaired) electrons. The molecule has 10 heteroatoms. The van der Waals surface area contributed by atoms with Crippen LogP contribution in [0.25, 0.3) is 0 Å². The van der Waals surface area contributed by atoms with E-state index < -0.39 is 4.92 Å². The van der Waals surface area contributed by atoms with Gasteiger partial charge in [0.15, 0.2) is 5.76 Å². The topological polar surface area (TPSA) is 107 Å². The van der Waals surface area contributed by atoms with Gasteiger partial charge in [-0.05, 0) is 24.3 Å². The van der Waals surface area contributed by atoms with E-state index in [0.717, 1.165) is 25.2 Å². The molecule has 0 bridgehead atoms. The number of nitro benzene ring substituents is 1. The van der Waals surface area contributed by atoms with Gasteiger partial charge in [-0.25, -0.2) is 0 Å². The summed E-state index contributed by atoms with van der Waals surface area (Å²) in [5, 5.41) is 14.9. The zero-order valence-corrected chi connectivity index (χ0v) is 17.1. The highest BCUT2D eigenvalue weighted by Gasteiger charge is 2.24. The number of aromatic nitrogens is 2. The lowest BCUT2D eigenvalue weighted by Crippen LogP contribution is -2.48. The van der Waals surface area contributed by atoms with Gasteiger partial charge < -0.3 is 14.1 Å². The van der Waals surface area contributed by atoms with Crippen molar-refractivity contribution in [1.82, 2.24) is 19.6 Å². The Morgan fingerprint density at radius 1 is 1.16 bits per heavy atom. The van der Waals surface area contributed by atoms with Crippen molar-refractivity contribution in [1.29, 1.82) is 0 Å². The molecule has 162 valence electrons. The van der Waals surface area contributed by atoms with Crippen molar-refractivity contribution in [3.63, 3.8) is 0 Å². The average molecular weight is 425 g/mol. The molecule has 10 nitrogen and oxygen atoms in total. The number of hydrogen-bond acceptors (Lipinski definition) is 7. The van der Waals surface area contributed by atoms with Gasteiger partial charge in [0, 0.05) is 63.7 Å². The van der Waals surface area contributed by atoms with E-state index in [1.54, 1.807) is 21.7 Å². The fourth-order valence-corrected chi connectivity index (χ4v) is 3.47. The van der Waals surface area contributed by atoms with Crippen LogP contribution in [-0.4, -0.2) is 56.6 Å². The van der Waals surface area contributed by atoms with Gasteiger partial charge in [-0.1, -0.05) is 0 Å². The van der Waals surface area contributed by atoms with Gasteiger partial charge in [-0.2, -0.15) is 5.10 Å². The number of carbonyl (C=O) groups excluding carboxylic acids is 1. The van der Waals surface area contributed by atoms with Crippen LogP contribution in [0.2, 0.25) is 0 Å². The average Bonchev–Trinajstić information content (AvgIpc) is 3.41. The van der Waals surface area contributed by atoms with Crippen LogP contribution in [0.15, 0.2) is 53.2 Å². The minimum absolute atomic E-state index is 0.00114. The Hall–Kier alpha value is -3.66. The number of aryl methyl sites for hydroxylation is 1. The standard InChI is InChI=1S/C21H23N5O5/c1-23-13-16(12-22-23)14-24-8-10-25(11-9-24)21(27)20-7-6-19(31-20)15-30-18-4-2-17(3-5-18)26(28)29/h2-7,12-13H,8-11,14-15H2,1H3. The molecule has 0 saturated carbocycles. The second kappa shape index (κ2) is 9.00. The van der Waals surface area contributed by atoms with Crippen molar-refractivity contribution in [3.8, 4) is 5.75 Å². The lowest BCUT2D eigenvalue weighted by Gasteiger charge is -2.34. The Labute approximate surface area is 178 Å². The van der Waals surface area contributed by atoms with Crippen LogP contribution in [0.1, 0.15) is 21.9 Å². The molecule has 0 unspecified atom stereocenters. The molecule has 0 N–H and O–H groups in total. The Kier molecular flexibility index (Phi) is 5.99. The molecule has 4 rings (SSSR count). The van der Waals surface area contributed by atoms with Gasteiger partial charge in [-0.15, -0.1) is 0 Å². The maximum atomic E-state index is 12.8. The Bertz CT molecular complexity index is 1050. The summed E-state index contributed by atoms with van der Waals surface area (Å²) in [6.45, 7) is 3.79. The first-order valence-electron chi connectivity index (χ1n) is 9.93. The highest BCUT2D eigenvalue weighted by Crippen LogP contribution is 2.20. The van der Waals surface area contributed by atoms with Crippen LogP contribution in [-0.2, 0) is 20.2 Å². The highest BCUT2D eigenvalue weighted by molar-refractivity contribution is 5.91. The van der Waals surface area contributed by atoms with Gasteiger partial charge >= 0.3 is 0 Å². The van der Waals surface area contributed by atoms with Gasteiger partial charge in [0.05, 0.1) is 11.1 Å². The summed E-state index contributed by atoms with van der Waals surface area (Å²) in [4.78, 5) is 27.1. The molecule has 0 aliphatic carbocycles. The summed E-state index contributed by atoms with van der Waals surface area (Å²) in [5.74, 6) is 1.14. The molecule has 0 spiro atoms. The van der Waals surface area contributed by atoms with Crippen LogP contribution in [0, 0.1) is 10.1 Å². The molecule has 1 aromatic carbocycles. The van der Waals surface area contributed by atoms with E-state index in [0.29, 0.717) is 24.6 Å². The number of piperazine rings is 1. The summed E-state index contributed by atoms with van der Waals surface area (Å²) >= 11 is 0. The summed E-state index contributed by atoms with van der Waals surface area (Å²) in [6.07, 6.45) is 3.86. The van der Waals surface area contributed by atoms with Crippen molar-refractivity contribution in [2.75, 3.05) is 26.2 Å². The van der Waals surface area contributed by atoms with Crippen LogP contribution in [0.4, 0.5) is 5.69 Å². The fourth-order valence-electron chi connectivity index (χ4n) is 3.47. The van der Waals surface area contributed by atoms with Gasteiger partial charge in [0.25, 0.3) is 11.6 Å². The first-order valence-corrected chi connectivity index (χ1v) is 9.93. The van der Waals surface area contributed by atoms with Crippen molar-refractivity contribution in [2.45, 2.75) is 13.2 Å². The molecule has 2 aromatic heterocycles. The largest absolute Gasteiger partial charge is 0.486 e. The van der Waals surface area contributed by atoms with E-state index >= 15 is 0 Å². The van der Waals surface area contributed by atoms with Crippen LogP contribution < -0.4 is 4.74 Å². The third-order valence-electron chi connectivity index (χ3n) is 5.13. The Balaban J connectivity index is 1.26. The normalized spacial score (nSPS) is 14.5. The monoisotopic (exact) mass is 425 g/mol. The van der Waals surface area contributed by atoms with E-state index in [4.69, 9.17) is 9.15 Å². The van der Waals surface area contributed by atoms with Crippen molar-refractivity contribution < 1.29 is 18.9 Å². The zero-order valence-electron chi connectivity index (χ0n) is 17.1. The lowest BCUT2D eigenvalue weighted by atomic mass is 10.2. The Morgan fingerprint density at radius 3 is 2.55 bits per heavy atom. The molecule has 3 aromatic rings. The van der Waals surface area contributed by atoms with Gasteiger partial charge in [0.1, 0.15) is 18.1 Å². The first kappa shape index (κ1) is 20.6. The molecular weight excluding hydrogens is 402 g/mol. The molecule has 31 heavy (non-hydrogen) atoms. The third-order valence-corrected chi connectivity index (χ3v) is 5.13. The smallest absolute Gasteiger partial charge is 0.289 e. The first-order chi connectivity index (χ1) is 15.0. The van der Waals surface area contributed by atoms with Gasteiger partial charge in [0.2, 0.25) is 0 Å². The van der Waals surface area contributed by atoms with E-state index in [-0.39, 0.29) is 24.0 Å². The minimum Gasteiger partial charge on any atom is -0.486 e. The van der Waals surface area contributed by atoms with Crippen LogP contribution in [0.3, 0.4) is 0 Å². The molecule has 1 fully saturated rings. The predicted octanol–water partition coefficient (Wildman–Crippen LogP) is 2.46. The molecule has 1 aliphatic rings. The number of ether oxygens (including phenoxy) is 1. The number of rotatable bonds is 7. The van der Waals surface area contributed by atoms with E-state index in [9.17, 15) is 14.9 Å². The SMILES string of the molecule is Cn1cc(CN2CCN(C(=O)c3ccc(COc4ccc([N+](=O)[O-])cc4)o3)CC2)cn1. The van der Waals surface area contributed by atoms with Crippen molar-refractivity contribution >= 4 is 11.6 Å². The van der Waals surface area contributed by atoms with Crippen LogP contribution >= 0.6 is 0 Å². The predicted molar refractivity (Wildman–Crippen MR) is 111 cm³/mol. The number of amides is 1. The maximum Gasteiger partial charge on any atom is 0.289 e. The number of furan rings is 1. The van der Waals surface area contributed by atoms with Crippen LogP contribution in [0.5, 0.6) is 5.75 Å². The van der Waals surface area contributed by atoms with E-state index in [1.165, 1.54) is 24.3 Å². The molecule has 1 saturated heterocycles. The van der Waals surface area contributed by atoms with E-state index in [1.807, 2.05) is 19.4 Å². The number of non-ortho nitro benzene ring substituents is 1. The fraction of sp³-hybridized carbons (Fsp3) is 0.333. The molecule has 0 atom stereocenters.